The summed E-state index contributed by atoms with van der Waals surface area (Å²) in [5.74, 6) is 1.04. The van der Waals surface area contributed by atoms with Gasteiger partial charge in [-0.1, -0.05) is 70.0 Å². The summed E-state index contributed by atoms with van der Waals surface area (Å²) in [6.45, 7) is 18.8. The first-order valence-corrected chi connectivity index (χ1v) is 17.4. The van der Waals surface area contributed by atoms with Gasteiger partial charge in [0.2, 0.25) is 0 Å². The Bertz CT molecular complexity index is 1020. The Morgan fingerprint density at radius 2 is 1.61 bits per heavy atom. The van der Waals surface area contributed by atoms with Crippen LogP contribution in [0.5, 0.6) is 0 Å². The summed E-state index contributed by atoms with van der Waals surface area (Å²) in [7, 11) is -1.90. The number of aliphatic hydroxyl groups is 2. The average molecular weight is 511 g/mol. The Morgan fingerprint density at radius 3 is 2.25 bits per heavy atom. The maximum atomic E-state index is 12.8. The minimum atomic E-state index is -1.90. The summed E-state index contributed by atoms with van der Waals surface area (Å²) in [6.07, 6.45) is 9.35. The minimum absolute atomic E-state index is 0.0700. The third-order valence-electron chi connectivity index (χ3n) is 11.8. The van der Waals surface area contributed by atoms with Crippen molar-refractivity contribution in [3.8, 4) is 0 Å². The third kappa shape index (κ3) is 3.92. The van der Waals surface area contributed by atoms with E-state index in [1.54, 1.807) is 0 Å². The maximum absolute atomic E-state index is 12.8. The topological polar surface area (TPSA) is 49.7 Å². The molecule has 8 atom stereocenters. The largest absolute Gasteiger partial charge is 0.413 e. The van der Waals surface area contributed by atoms with Crippen molar-refractivity contribution >= 4 is 8.32 Å². The van der Waals surface area contributed by atoms with E-state index >= 15 is 0 Å². The van der Waals surface area contributed by atoms with Crippen molar-refractivity contribution in [2.24, 2.45) is 28.6 Å². The van der Waals surface area contributed by atoms with E-state index in [0.717, 1.165) is 37.7 Å². The molecule has 200 valence electrons. The predicted octanol–water partition coefficient (Wildman–Crippen LogP) is 7.51. The molecular weight excluding hydrogens is 460 g/mol. The smallest absolute Gasteiger partial charge is 0.192 e. The zero-order valence-electron chi connectivity index (χ0n) is 24.0. The Morgan fingerprint density at radius 1 is 0.944 bits per heavy atom. The van der Waals surface area contributed by atoms with Crippen LogP contribution in [-0.4, -0.2) is 30.7 Å². The molecular formula is C32H50O3Si. The maximum Gasteiger partial charge on any atom is 0.192 e. The second-order valence-electron chi connectivity index (χ2n) is 14.9. The highest BCUT2D eigenvalue weighted by atomic mass is 28.4. The van der Waals surface area contributed by atoms with E-state index in [1.807, 2.05) is 0 Å². The molecule has 3 nitrogen and oxygen atoms in total. The van der Waals surface area contributed by atoms with Gasteiger partial charge in [0.25, 0.3) is 0 Å². The Balaban J connectivity index is 1.59. The lowest BCUT2D eigenvalue weighted by Gasteiger charge is -2.62. The lowest BCUT2D eigenvalue weighted by molar-refractivity contribution is -0.147. The monoisotopic (exact) mass is 510 g/mol. The summed E-state index contributed by atoms with van der Waals surface area (Å²) in [6, 6.07) is 8.58. The normalized spacial score (nSPS) is 42.8. The van der Waals surface area contributed by atoms with Crippen LogP contribution >= 0.6 is 0 Å². The molecule has 1 aromatic carbocycles. The molecule has 3 fully saturated rings. The van der Waals surface area contributed by atoms with E-state index in [1.165, 1.54) is 17.6 Å². The summed E-state index contributed by atoms with van der Waals surface area (Å²) in [5, 5.41) is 23.6. The number of fused-ring (bicyclic) bond motifs is 5. The summed E-state index contributed by atoms with van der Waals surface area (Å²) in [5.41, 5.74) is 2.70. The first kappa shape index (κ1) is 26.7. The summed E-state index contributed by atoms with van der Waals surface area (Å²) < 4.78 is 7.16. The molecule has 36 heavy (non-hydrogen) atoms. The second kappa shape index (κ2) is 8.53. The molecule has 4 heteroatoms. The average Bonchev–Trinajstić information content (AvgIpc) is 3.10. The van der Waals surface area contributed by atoms with Crippen molar-refractivity contribution in [2.45, 2.75) is 122 Å². The third-order valence-corrected chi connectivity index (χ3v) is 16.3. The fraction of sp³-hybridized carbons (Fsp3) is 0.750. The molecule has 4 aliphatic carbocycles. The highest BCUT2D eigenvalue weighted by Crippen LogP contribution is 2.69. The number of aryl methyl sites for hydroxylation is 1. The van der Waals surface area contributed by atoms with Gasteiger partial charge < -0.3 is 14.6 Å². The quantitative estimate of drug-likeness (QED) is 0.327. The molecule has 5 rings (SSSR count). The lowest BCUT2D eigenvalue weighted by Crippen LogP contribution is -2.59. The number of benzene rings is 1. The Hall–Kier alpha value is -0.943. The van der Waals surface area contributed by atoms with Gasteiger partial charge in [-0.2, -0.15) is 0 Å². The number of rotatable bonds is 3. The van der Waals surface area contributed by atoms with Gasteiger partial charge in [-0.3, -0.25) is 0 Å². The molecule has 2 N–H and O–H groups in total. The summed E-state index contributed by atoms with van der Waals surface area (Å²) in [4.78, 5) is 0. The predicted molar refractivity (Wildman–Crippen MR) is 150 cm³/mol. The van der Waals surface area contributed by atoms with Crippen molar-refractivity contribution in [1.29, 1.82) is 0 Å². The van der Waals surface area contributed by atoms with Crippen molar-refractivity contribution in [3.05, 3.63) is 47.0 Å². The van der Waals surface area contributed by atoms with Gasteiger partial charge in [0, 0.05) is 5.92 Å². The van der Waals surface area contributed by atoms with Crippen LogP contribution in [0.15, 0.2) is 35.9 Å². The number of aliphatic hydroxyl groups excluding tert-OH is 1. The van der Waals surface area contributed by atoms with Gasteiger partial charge in [0.1, 0.15) is 5.60 Å². The van der Waals surface area contributed by atoms with E-state index in [-0.39, 0.29) is 34.0 Å². The molecule has 0 aliphatic heterocycles. The molecule has 0 saturated heterocycles. The van der Waals surface area contributed by atoms with Crippen molar-refractivity contribution in [2.75, 3.05) is 0 Å². The molecule has 0 radical (unpaired) electrons. The van der Waals surface area contributed by atoms with E-state index in [4.69, 9.17) is 4.43 Å². The van der Waals surface area contributed by atoms with E-state index in [0.29, 0.717) is 18.3 Å². The molecule has 0 heterocycles. The van der Waals surface area contributed by atoms with E-state index in [9.17, 15) is 10.2 Å². The van der Waals surface area contributed by atoms with Gasteiger partial charge in [-0.25, -0.2) is 0 Å². The van der Waals surface area contributed by atoms with Crippen molar-refractivity contribution < 1.29 is 14.6 Å². The second-order valence-corrected chi connectivity index (χ2v) is 19.7. The van der Waals surface area contributed by atoms with Gasteiger partial charge in [-0.15, -0.1) is 0 Å². The van der Waals surface area contributed by atoms with Crippen LogP contribution < -0.4 is 0 Å². The van der Waals surface area contributed by atoms with Crippen LogP contribution in [0.4, 0.5) is 0 Å². The first-order valence-electron chi connectivity index (χ1n) is 14.5. The number of hydrogen-bond donors (Lipinski definition) is 2. The standard InChI is InChI=1S/C32H50O3Si/c1-21-9-11-22(12-10-21)32(34)20-23-19-24(33)15-17-30(23,5)26-16-18-31(6)25(28(26)32)13-14-27(31)35-36(7,8)29(2,3)4/h9-12,20,24-28,33-34H,13-19H2,1-8H3/t24?,25-,26+,27?,28-,30-,31-,32?/m0/s1. The minimum Gasteiger partial charge on any atom is -0.413 e. The molecule has 3 saturated carbocycles. The van der Waals surface area contributed by atoms with Crippen LogP contribution in [0, 0.1) is 35.5 Å². The summed E-state index contributed by atoms with van der Waals surface area (Å²) >= 11 is 0. The molecule has 0 bridgehead atoms. The van der Waals surface area contributed by atoms with Crippen molar-refractivity contribution in [3.63, 3.8) is 0 Å². The Labute approximate surface area is 220 Å². The van der Waals surface area contributed by atoms with E-state index < -0.39 is 13.9 Å². The van der Waals surface area contributed by atoms with Gasteiger partial charge in [0.15, 0.2) is 8.32 Å². The molecule has 4 aliphatic rings. The van der Waals surface area contributed by atoms with Crippen LogP contribution in [0.25, 0.3) is 0 Å². The number of hydrogen-bond acceptors (Lipinski definition) is 3. The van der Waals surface area contributed by atoms with Crippen LogP contribution in [0.3, 0.4) is 0 Å². The molecule has 3 unspecified atom stereocenters. The van der Waals surface area contributed by atoms with Crippen LogP contribution in [-0.2, 0) is 10.0 Å². The molecule has 0 amide bonds. The SMILES string of the molecule is Cc1ccc(C2(O)C=C3CC(O)CC[C@]3(C)[C@@H]3CC[C@]4(C)C(O[Si](C)(C)C(C)(C)C)CC[C@H]4[C@@H]32)cc1. The zero-order chi connectivity index (χ0) is 26.3. The molecule has 0 spiro atoms. The van der Waals surface area contributed by atoms with Crippen LogP contribution in [0.2, 0.25) is 18.1 Å². The van der Waals surface area contributed by atoms with Gasteiger partial charge in [0.05, 0.1) is 12.2 Å². The molecule has 0 aromatic heterocycles. The highest BCUT2D eigenvalue weighted by Gasteiger charge is 2.65. The first-order chi connectivity index (χ1) is 16.6. The fourth-order valence-corrected chi connectivity index (χ4v) is 9.92. The fourth-order valence-electron chi connectivity index (χ4n) is 8.47. The van der Waals surface area contributed by atoms with Gasteiger partial charge >= 0.3 is 0 Å². The zero-order valence-corrected chi connectivity index (χ0v) is 25.0. The Kier molecular flexibility index (Phi) is 6.32. The molecule has 1 aromatic rings. The highest BCUT2D eigenvalue weighted by molar-refractivity contribution is 6.74. The van der Waals surface area contributed by atoms with Crippen LogP contribution in [0.1, 0.15) is 90.7 Å². The van der Waals surface area contributed by atoms with Crippen molar-refractivity contribution in [1.82, 2.24) is 0 Å². The van der Waals surface area contributed by atoms with Gasteiger partial charge in [-0.05, 0) is 104 Å². The van der Waals surface area contributed by atoms with E-state index in [2.05, 4.69) is 85.0 Å². The lowest BCUT2D eigenvalue weighted by atomic mass is 9.44.